The van der Waals surface area contributed by atoms with E-state index in [-0.39, 0.29) is 36.0 Å². The number of ether oxygens (including phenoxy) is 1. The summed E-state index contributed by atoms with van der Waals surface area (Å²) in [6, 6.07) is 18.0. The van der Waals surface area contributed by atoms with Crippen LogP contribution in [-0.2, 0) is 22.6 Å². The van der Waals surface area contributed by atoms with Crippen LogP contribution in [0.1, 0.15) is 24.0 Å². The maximum Gasteiger partial charge on any atom is 0.253 e. The Balaban J connectivity index is 0.00000280. The van der Waals surface area contributed by atoms with Crippen LogP contribution in [0.4, 0.5) is 5.69 Å². The Bertz CT molecular complexity index is 777. The van der Waals surface area contributed by atoms with E-state index in [9.17, 15) is 4.79 Å². The summed E-state index contributed by atoms with van der Waals surface area (Å²) < 4.78 is 5.43. The molecular formula is C21H27IN4O2. The number of hydrogen-bond acceptors (Lipinski definition) is 3. The molecule has 3 rings (SSSR count). The lowest BCUT2D eigenvalue weighted by molar-refractivity contribution is -0.124. The van der Waals surface area contributed by atoms with Gasteiger partial charge in [-0.05, 0) is 36.1 Å². The number of halogens is 1. The molecule has 0 spiro atoms. The second-order valence-electron chi connectivity index (χ2n) is 6.46. The summed E-state index contributed by atoms with van der Waals surface area (Å²) >= 11 is 0. The lowest BCUT2D eigenvalue weighted by Crippen LogP contribution is -2.36. The summed E-state index contributed by atoms with van der Waals surface area (Å²) in [5.74, 6) is 0.658. The van der Waals surface area contributed by atoms with Gasteiger partial charge in [0, 0.05) is 32.4 Å². The number of hydrogen-bond donors (Lipinski definition) is 3. The molecule has 0 radical (unpaired) electrons. The molecule has 1 aliphatic rings. The minimum Gasteiger partial charge on any atom is -0.368 e. The molecule has 1 saturated heterocycles. The van der Waals surface area contributed by atoms with Gasteiger partial charge in [0.1, 0.15) is 6.10 Å². The largest absolute Gasteiger partial charge is 0.368 e. The van der Waals surface area contributed by atoms with E-state index in [1.165, 1.54) is 5.56 Å². The van der Waals surface area contributed by atoms with Crippen molar-refractivity contribution in [2.45, 2.75) is 32.0 Å². The van der Waals surface area contributed by atoms with Crippen LogP contribution in [0.2, 0.25) is 0 Å². The van der Waals surface area contributed by atoms with Gasteiger partial charge in [-0.2, -0.15) is 0 Å². The average Bonchev–Trinajstić information content (AvgIpc) is 3.24. The smallest absolute Gasteiger partial charge is 0.253 e. The summed E-state index contributed by atoms with van der Waals surface area (Å²) in [5, 5.41) is 9.52. The molecule has 3 N–H and O–H groups in total. The Labute approximate surface area is 183 Å². The van der Waals surface area contributed by atoms with Crippen molar-refractivity contribution in [3.63, 3.8) is 0 Å². The van der Waals surface area contributed by atoms with E-state index in [1.54, 1.807) is 7.05 Å². The van der Waals surface area contributed by atoms with Gasteiger partial charge in [0.2, 0.25) is 0 Å². The molecule has 0 saturated carbocycles. The number of benzene rings is 2. The van der Waals surface area contributed by atoms with E-state index >= 15 is 0 Å². The van der Waals surface area contributed by atoms with Crippen molar-refractivity contribution in [2.24, 2.45) is 4.99 Å². The fourth-order valence-corrected chi connectivity index (χ4v) is 2.95. The highest BCUT2D eigenvalue weighted by Gasteiger charge is 2.23. The Morgan fingerprint density at radius 3 is 2.46 bits per heavy atom. The van der Waals surface area contributed by atoms with Crippen LogP contribution >= 0.6 is 24.0 Å². The summed E-state index contributed by atoms with van der Waals surface area (Å²) in [6.07, 6.45) is 1.40. The first kappa shape index (κ1) is 22.2. The maximum atomic E-state index is 12.2. The number of aliphatic imine (C=N–C) groups is 1. The van der Waals surface area contributed by atoms with Crippen LogP contribution < -0.4 is 16.0 Å². The molecule has 2 aromatic rings. The predicted octanol–water partition coefficient (Wildman–Crippen LogP) is 3.29. The zero-order chi connectivity index (χ0) is 18.9. The number of rotatable bonds is 6. The monoisotopic (exact) mass is 494 g/mol. The van der Waals surface area contributed by atoms with Crippen LogP contribution in [0.15, 0.2) is 59.6 Å². The van der Waals surface area contributed by atoms with Gasteiger partial charge >= 0.3 is 0 Å². The zero-order valence-corrected chi connectivity index (χ0v) is 18.3. The van der Waals surface area contributed by atoms with Gasteiger partial charge < -0.3 is 20.7 Å². The molecular weight excluding hydrogens is 467 g/mol. The number of anilines is 1. The minimum absolute atomic E-state index is 0. The van der Waals surface area contributed by atoms with Crippen molar-refractivity contribution in [1.82, 2.24) is 10.6 Å². The molecule has 0 aliphatic carbocycles. The average molecular weight is 494 g/mol. The van der Waals surface area contributed by atoms with Crippen molar-refractivity contribution in [3.05, 3.63) is 65.7 Å². The summed E-state index contributed by atoms with van der Waals surface area (Å²) in [7, 11) is 1.75. The fraction of sp³-hybridized carbons (Fsp3) is 0.333. The standard InChI is InChI=1S/C21H26N4O2.HI/c1-22-21(23-14-16-7-3-2-4-8-16)24-15-17-9-5-10-18(13-17)25-20(26)19-11-6-12-27-19;/h2-5,7-10,13,19H,6,11-12,14-15H2,1H3,(H,25,26)(H2,22,23,24);1H. The molecule has 150 valence electrons. The van der Waals surface area contributed by atoms with Crippen molar-refractivity contribution < 1.29 is 9.53 Å². The van der Waals surface area contributed by atoms with Gasteiger partial charge in [0.25, 0.3) is 5.91 Å². The minimum atomic E-state index is -0.326. The highest BCUT2D eigenvalue weighted by Crippen LogP contribution is 2.16. The van der Waals surface area contributed by atoms with Gasteiger partial charge in [-0.15, -0.1) is 24.0 Å². The molecule has 1 unspecified atom stereocenters. The number of nitrogens with one attached hydrogen (secondary N) is 3. The van der Waals surface area contributed by atoms with Crippen LogP contribution in [0.3, 0.4) is 0 Å². The third-order valence-corrected chi connectivity index (χ3v) is 4.40. The third kappa shape index (κ3) is 6.79. The summed E-state index contributed by atoms with van der Waals surface area (Å²) in [5.41, 5.74) is 3.03. The summed E-state index contributed by atoms with van der Waals surface area (Å²) in [6.45, 7) is 1.98. The third-order valence-electron chi connectivity index (χ3n) is 4.40. The number of carbonyl (C=O) groups excluding carboxylic acids is 1. The van der Waals surface area contributed by atoms with E-state index in [0.717, 1.165) is 30.1 Å². The maximum absolute atomic E-state index is 12.2. The number of guanidine groups is 1. The van der Waals surface area contributed by atoms with Gasteiger partial charge in [-0.25, -0.2) is 0 Å². The topological polar surface area (TPSA) is 74.8 Å². The van der Waals surface area contributed by atoms with Gasteiger partial charge in [0.05, 0.1) is 0 Å². The van der Waals surface area contributed by atoms with Crippen LogP contribution in [-0.4, -0.2) is 31.6 Å². The quantitative estimate of drug-likeness (QED) is 0.328. The second-order valence-corrected chi connectivity index (χ2v) is 6.46. The number of carbonyl (C=O) groups is 1. The predicted molar refractivity (Wildman–Crippen MR) is 123 cm³/mol. The highest BCUT2D eigenvalue weighted by molar-refractivity contribution is 14.0. The van der Waals surface area contributed by atoms with Crippen LogP contribution in [0, 0.1) is 0 Å². The Hall–Kier alpha value is -2.13. The van der Waals surface area contributed by atoms with Gasteiger partial charge in [0.15, 0.2) is 5.96 Å². The zero-order valence-electron chi connectivity index (χ0n) is 16.0. The van der Waals surface area contributed by atoms with Crippen LogP contribution in [0.25, 0.3) is 0 Å². The van der Waals surface area contributed by atoms with E-state index in [2.05, 4.69) is 33.1 Å². The first-order valence-electron chi connectivity index (χ1n) is 9.24. The fourth-order valence-electron chi connectivity index (χ4n) is 2.95. The molecule has 1 aliphatic heterocycles. The SMILES string of the molecule is CN=C(NCc1ccccc1)NCc1cccc(NC(=O)C2CCCO2)c1.I. The van der Waals surface area contributed by atoms with E-state index in [1.807, 2.05) is 42.5 Å². The molecule has 0 bridgehead atoms. The molecule has 1 atom stereocenters. The lowest BCUT2D eigenvalue weighted by atomic mass is 10.2. The number of nitrogens with zero attached hydrogens (tertiary/aromatic N) is 1. The van der Waals surface area contributed by atoms with Crippen molar-refractivity contribution >= 4 is 41.5 Å². The lowest BCUT2D eigenvalue weighted by Gasteiger charge is -2.14. The molecule has 0 aromatic heterocycles. The van der Waals surface area contributed by atoms with Crippen LogP contribution in [0.5, 0.6) is 0 Å². The Morgan fingerprint density at radius 2 is 1.79 bits per heavy atom. The first-order chi connectivity index (χ1) is 13.2. The van der Waals surface area contributed by atoms with Gasteiger partial charge in [-0.3, -0.25) is 9.79 Å². The van der Waals surface area contributed by atoms with Gasteiger partial charge in [-0.1, -0.05) is 42.5 Å². The molecule has 1 heterocycles. The first-order valence-corrected chi connectivity index (χ1v) is 9.24. The second kappa shape index (κ2) is 11.7. The Kier molecular flexibility index (Phi) is 9.22. The molecule has 2 aromatic carbocycles. The van der Waals surface area contributed by atoms with Crippen molar-refractivity contribution in [1.29, 1.82) is 0 Å². The molecule has 28 heavy (non-hydrogen) atoms. The Morgan fingerprint density at radius 1 is 1.07 bits per heavy atom. The normalized spacial score (nSPS) is 16.2. The van der Waals surface area contributed by atoms with E-state index in [4.69, 9.17) is 4.74 Å². The molecule has 6 nitrogen and oxygen atoms in total. The molecule has 1 amide bonds. The van der Waals surface area contributed by atoms with Crippen molar-refractivity contribution in [2.75, 3.05) is 19.0 Å². The highest BCUT2D eigenvalue weighted by atomic mass is 127. The number of amides is 1. The van der Waals surface area contributed by atoms with E-state index < -0.39 is 0 Å². The molecule has 7 heteroatoms. The van der Waals surface area contributed by atoms with E-state index in [0.29, 0.717) is 19.7 Å². The summed E-state index contributed by atoms with van der Waals surface area (Å²) in [4.78, 5) is 16.4. The molecule has 1 fully saturated rings. The van der Waals surface area contributed by atoms with Crippen molar-refractivity contribution in [3.8, 4) is 0 Å².